The van der Waals surface area contributed by atoms with E-state index in [1.54, 1.807) is 12.3 Å². The van der Waals surface area contributed by atoms with Crippen LogP contribution in [0.4, 0.5) is 0 Å². The van der Waals surface area contributed by atoms with E-state index < -0.39 is 12.0 Å². The van der Waals surface area contributed by atoms with E-state index in [1.165, 1.54) is 0 Å². The second kappa shape index (κ2) is 5.68. The minimum atomic E-state index is -0.971. The monoisotopic (exact) mass is 252 g/mol. The van der Waals surface area contributed by atoms with E-state index >= 15 is 0 Å². The molecular weight excluding hydrogens is 236 g/mol. The lowest BCUT2D eigenvalue weighted by atomic mass is 10.1. The highest BCUT2D eigenvalue weighted by molar-refractivity contribution is 5.86. The highest BCUT2D eigenvalue weighted by Crippen LogP contribution is 2.14. The van der Waals surface area contributed by atoms with E-state index in [0.717, 1.165) is 12.2 Å². The number of nitrogens with zero attached hydrogens (tertiary/aromatic N) is 1. The quantitative estimate of drug-likeness (QED) is 0.812. The molecule has 1 fully saturated rings. The first kappa shape index (κ1) is 12.6. The van der Waals surface area contributed by atoms with Gasteiger partial charge in [0.2, 0.25) is 5.91 Å². The van der Waals surface area contributed by atoms with Crippen LogP contribution in [0.3, 0.4) is 0 Å². The maximum atomic E-state index is 11.8. The van der Waals surface area contributed by atoms with Gasteiger partial charge in [-0.1, -0.05) is 0 Å². The second-order valence-corrected chi connectivity index (χ2v) is 4.31. The van der Waals surface area contributed by atoms with Crippen LogP contribution < -0.4 is 5.32 Å². The van der Waals surface area contributed by atoms with Gasteiger partial charge in [-0.2, -0.15) is 0 Å². The molecule has 1 aliphatic rings. The van der Waals surface area contributed by atoms with Crippen LogP contribution >= 0.6 is 0 Å². The van der Waals surface area contributed by atoms with Crippen LogP contribution in [0.2, 0.25) is 0 Å². The predicted molar refractivity (Wildman–Crippen MR) is 62.8 cm³/mol. The summed E-state index contributed by atoms with van der Waals surface area (Å²) in [6.07, 6.45) is 2.19. The Morgan fingerprint density at radius 2 is 2.44 bits per heavy atom. The van der Waals surface area contributed by atoms with Crippen molar-refractivity contribution >= 4 is 11.9 Å². The Morgan fingerprint density at radius 3 is 3.11 bits per heavy atom. The third kappa shape index (κ3) is 3.10. The standard InChI is InChI=1S/C12H16N2O4/c15-11(16)7-10-12(17)13-4-2-5-14(10)8-9-3-1-6-18-9/h1,3,6,10H,2,4-5,7-8H2,(H,13,17)(H,15,16). The summed E-state index contributed by atoms with van der Waals surface area (Å²) in [7, 11) is 0. The molecule has 0 aromatic carbocycles. The van der Waals surface area contributed by atoms with Gasteiger partial charge in [0.15, 0.2) is 0 Å². The lowest BCUT2D eigenvalue weighted by Crippen LogP contribution is -2.45. The lowest BCUT2D eigenvalue weighted by Gasteiger charge is -2.26. The van der Waals surface area contributed by atoms with Gasteiger partial charge in [-0.3, -0.25) is 14.5 Å². The van der Waals surface area contributed by atoms with Crippen molar-refractivity contribution in [2.24, 2.45) is 0 Å². The van der Waals surface area contributed by atoms with Crippen LogP contribution in [0, 0.1) is 0 Å². The molecule has 1 aromatic rings. The van der Waals surface area contributed by atoms with E-state index in [2.05, 4.69) is 5.32 Å². The summed E-state index contributed by atoms with van der Waals surface area (Å²) in [5, 5.41) is 11.6. The van der Waals surface area contributed by atoms with Gasteiger partial charge in [-0.05, 0) is 18.6 Å². The van der Waals surface area contributed by atoms with Crippen molar-refractivity contribution in [3.05, 3.63) is 24.2 Å². The number of carboxylic acids is 1. The number of aliphatic carboxylic acids is 1. The molecular formula is C12H16N2O4. The first-order valence-corrected chi connectivity index (χ1v) is 5.93. The van der Waals surface area contributed by atoms with Gasteiger partial charge in [0.05, 0.1) is 19.2 Å². The van der Waals surface area contributed by atoms with Crippen molar-refractivity contribution < 1.29 is 19.1 Å². The Kier molecular flexibility index (Phi) is 3.99. The van der Waals surface area contributed by atoms with Crippen LogP contribution in [0.5, 0.6) is 0 Å². The second-order valence-electron chi connectivity index (χ2n) is 4.31. The number of furan rings is 1. The Bertz CT molecular complexity index is 416. The largest absolute Gasteiger partial charge is 0.481 e. The van der Waals surface area contributed by atoms with Gasteiger partial charge in [-0.15, -0.1) is 0 Å². The number of carbonyl (C=O) groups is 2. The Labute approximate surface area is 105 Å². The molecule has 1 saturated heterocycles. The molecule has 0 saturated carbocycles. The molecule has 6 nitrogen and oxygen atoms in total. The number of carbonyl (C=O) groups excluding carboxylic acids is 1. The van der Waals surface area contributed by atoms with E-state index in [0.29, 0.717) is 19.6 Å². The molecule has 1 aromatic heterocycles. The Balaban J connectivity index is 2.11. The fourth-order valence-corrected chi connectivity index (χ4v) is 2.11. The maximum absolute atomic E-state index is 11.8. The zero-order valence-electron chi connectivity index (χ0n) is 9.96. The van der Waals surface area contributed by atoms with E-state index in [-0.39, 0.29) is 12.3 Å². The van der Waals surface area contributed by atoms with Gasteiger partial charge in [0, 0.05) is 13.1 Å². The van der Waals surface area contributed by atoms with Crippen molar-refractivity contribution in [3.8, 4) is 0 Å². The number of hydrogen-bond donors (Lipinski definition) is 2. The average Bonchev–Trinajstić information content (AvgIpc) is 2.76. The number of hydrogen-bond acceptors (Lipinski definition) is 4. The third-order valence-electron chi connectivity index (χ3n) is 2.97. The van der Waals surface area contributed by atoms with Gasteiger partial charge in [0.25, 0.3) is 0 Å². The zero-order chi connectivity index (χ0) is 13.0. The molecule has 2 rings (SSSR count). The molecule has 1 unspecified atom stereocenters. The van der Waals surface area contributed by atoms with E-state index in [1.807, 2.05) is 11.0 Å². The summed E-state index contributed by atoms with van der Waals surface area (Å²) in [6, 6.07) is 2.97. The fourth-order valence-electron chi connectivity index (χ4n) is 2.11. The normalized spacial score (nSPS) is 21.3. The molecule has 18 heavy (non-hydrogen) atoms. The molecule has 0 radical (unpaired) electrons. The number of carboxylic acid groups (broad SMARTS) is 1. The van der Waals surface area contributed by atoms with Gasteiger partial charge in [-0.25, -0.2) is 0 Å². The minimum absolute atomic E-state index is 0.188. The van der Waals surface area contributed by atoms with Crippen LogP contribution in [0.25, 0.3) is 0 Å². The average molecular weight is 252 g/mol. The van der Waals surface area contributed by atoms with Crippen molar-refractivity contribution in [3.63, 3.8) is 0 Å². The topological polar surface area (TPSA) is 82.8 Å². The van der Waals surface area contributed by atoms with Crippen molar-refractivity contribution in [1.82, 2.24) is 10.2 Å². The minimum Gasteiger partial charge on any atom is -0.481 e. The fraction of sp³-hybridized carbons (Fsp3) is 0.500. The molecule has 6 heteroatoms. The molecule has 0 bridgehead atoms. The van der Waals surface area contributed by atoms with Crippen LogP contribution in [0.15, 0.2) is 22.8 Å². The number of rotatable bonds is 4. The summed E-state index contributed by atoms with van der Waals surface area (Å²) >= 11 is 0. The summed E-state index contributed by atoms with van der Waals surface area (Å²) < 4.78 is 5.24. The van der Waals surface area contributed by atoms with E-state index in [4.69, 9.17) is 9.52 Å². The third-order valence-corrected chi connectivity index (χ3v) is 2.97. The molecule has 1 aliphatic heterocycles. The predicted octanol–water partition coefficient (Wildman–Crippen LogP) is 0.445. The molecule has 1 atom stereocenters. The van der Waals surface area contributed by atoms with E-state index in [9.17, 15) is 9.59 Å². The molecule has 0 aliphatic carbocycles. The Morgan fingerprint density at radius 1 is 1.61 bits per heavy atom. The number of nitrogens with one attached hydrogen (secondary N) is 1. The van der Waals surface area contributed by atoms with Crippen LogP contribution in [-0.4, -0.2) is 41.0 Å². The van der Waals surface area contributed by atoms with Crippen molar-refractivity contribution in [2.45, 2.75) is 25.4 Å². The van der Waals surface area contributed by atoms with Gasteiger partial charge >= 0.3 is 5.97 Å². The van der Waals surface area contributed by atoms with Crippen molar-refractivity contribution in [1.29, 1.82) is 0 Å². The van der Waals surface area contributed by atoms with Gasteiger partial charge in [0.1, 0.15) is 11.8 Å². The first-order chi connectivity index (χ1) is 8.66. The van der Waals surface area contributed by atoms with Crippen LogP contribution in [0.1, 0.15) is 18.6 Å². The molecule has 2 heterocycles. The zero-order valence-corrected chi connectivity index (χ0v) is 9.96. The molecule has 0 spiro atoms. The highest BCUT2D eigenvalue weighted by atomic mass is 16.4. The maximum Gasteiger partial charge on any atom is 0.305 e. The Hall–Kier alpha value is -1.82. The summed E-state index contributed by atoms with van der Waals surface area (Å²) in [4.78, 5) is 24.5. The highest BCUT2D eigenvalue weighted by Gasteiger charge is 2.30. The summed E-state index contributed by atoms with van der Waals surface area (Å²) in [5.41, 5.74) is 0. The molecule has 1 amide bonds. The SMILES string of the molecule is O=C(O)CC1C(=O)NCCCN1Cc1ccco1. The lowest BCUT2D eigenvalue weighted by molar-refractivity contribution is -0.141. The molecule has 2 N–H and O–H groups in total. The first-order valence-electron chi connectivity index (χ1n) is 5.93. The summed E-state index contributed by atoms with van der Waals surface area (Å²) in [5.74, 6) is -0.456. The molecule has 98 valence electrons. The van der Waals surface area contributed by atoms with Crippen LogP contribution in [-0.2, 0) is 16.1 Å². The van der Waals surface area contributed by atoms with Crippen molar-refractivity contribution in [2.75, 3.05) is 13.1 Å². The summed E-state index contributed by atoms with van der Waals surface area (Å²) in [6.45, 7) is 1.72. The van der Waals surface area contributed by atoms with Gasteiger partial charge < -0.3 is 14.8 Å². The smallest absolute Gasteiger partial charge is 0.305 e. The number of amides is 1.